The number of nitrogens with zero attached hydrogens (tertiary/aromatic N) is 3. The summed E-state index contributed by atoms with van der Waals surface area (Å²) < 4.78 is 2.76. The molecule has 0 bridgehead atoms. The molecule has 7 heteroatoms. The van der Waals surface area contributed by atoms with Crippen molar-refractivity contribution in [1.29, 1.82) is 0 Å². The van der Waals surface area contributed by atoms with Crippen LogP contribution in [0.2, 0.25) is 0 Å². The summed E-state index contributed by atoms with van der Waals surface area (Å²) in [7, 11) is 0. The van der Waals surface area contributed by atoms with Gasteiger partial charge in [0.15, 0.2) is 5.69 Å². The van der Waals surface area contributed by atoms with E-state index in [-0.39, 0.29) is 5.91 Å². The fraction of sp³-hybridized carbons (Fsp3) is 0.0625. The van der Waals surface area contributed by atoms with Gasteiger partial charge < -0.3 is 0 Å². The Morgan fingerprint density at radius 2 is 2.13 bits per heavy atom. The number of carbonyl (C=O) groups excluding carboxylic acids is 1. The summed E-state index contributed by atoms with van der Waals surface area (Å²) >= 11 is 4.96. The van der Waals surface area contributed by atoms with E-state index >= 15 is 0 Å². The van der Waals surface area contributed by atoms with E-state index in [0.29, 0.717) is 12.2 Å². The van der Waals surface area contributed by atoms with E-state index in [0.717, 1.165) is 14.9 Å². The Morgan fingerprint density at radius 3 is 2.87 bits per heavy atom. The molecular weight excluding hydrogens is 376 g/mol. The van der Waals surface area contributed by atoms with E-state index in [4.69, 9.17) is 0 Å². The molecule has 0 aliphatic carbocycles. The fourth-order valence-electron chi connectivity index (χ4n) is 1.92. The molecule has 0 unspecified atom stereocenters. The highest BCUT2D eigenvalue weighted by molar-refractivity contribution is 9.10. The zero-order chi connectivity index (χ0) is 16.1. The van der Waals surface area contributed by atoms with Gasteiger partial charge in [0.1, 0.15) is 0 Å². The Labute approximate surface area is 145 Å². The molecule has 23 heavy (non-hydrogen) atoms. The molecule has 2 heterocycles. The van der Waals surface area contributed by atoms with Gasteiger partial charge in [0.05, 0.1) is 12.8 Å². The zero-order valence-electron chi connectivity index (χ0n) is 12.0. The third kappa shape index (κ3) is 4.37. The third-order valence-electron chi connectivity index (χ3n) is 3.03. The Balaban J connectivity index is 1.59. The first-order chi connectivity index (χ1) is 11.2. The highest BCUT2D eigenvalue weighted by Gasteiger charge is 2.08. The van der Waals surface area contributed by atoms with Crippen LogP contribution >= 0.6 is 27.3 Å². The lowest BCUT2D eigenvalue weighted by Gasteiger charge is -2.02. The molecule has 0 aliphatic heterocycles. The molecule has 0 radical (unpaired) electrons. The molecule has 1 N–H and O–H groups in total. The van der Waals surface area contributed by atoms with Crippen LogP contribution in [0.4, 0.5) is 0 Å². The van der Waals surface area contributed by atoms with Gasteiger partial charge in [-0.15, -0.1) is 11.3 Å². The summed E-state index contributed by atoms with van der Waals surface area (Å²) in [6.07, 6.45) is 3.39. The summed E-state index contributed by atoms with van der Waals surface area (Å²) in [6.45, 7) is 0.610. The quantitative estimate of drug-likeness (QED) is 0.536. The highest BCUT2D eigenvalue weighted by atomic mass is 79.9. The second-order valence-electron chi connectivity index (χ2n) is 4.74. The number of aromatic nitrogens is 2. The van der Waals surface area contributed by atoms with Crippen molar-refractivity contribution in [2.24, 2.45) is 5.10 Å². The molecule has 3 aromatic rings. The summed E-state index contributed by atoms with van der Waals surface area (Å²) in [5.74, 6) is -0.327. The molecule has 3 rings (SSSR count). The van der Waals surface area contributed by atoms with Crippen molar-refractivity contribution in [2.75, 3.05) is 0 Å². The molecule has 0 aliphatic rings. The lowest BCUT2D eigenvalue weighted by molar-refractivity contribution is 0.0949. The smallest absolute Gasteiger partial charge is 0.268 e. The number of hydrogen-bond acceptors (Lipinski definition) is 4. The Hall–Kier alpha value is -2.25. The second-order valence-corrected chi connectivity index (χ2v) is 6.63. The van der Waals surface area contributed by atoms with E-state index in [9.17, 15) is 4.79 Å². The lowest BCUT2D eigenvalue weighted by Crippen LogP contribution is -2.18. The van der Waals surface area contributed by atoms with Crippen LogP contribution in [0.1, 0.15) is 20.9 Å². The van der Waals surface area contributed by atoms with Crippen molar-refractivity contribution in [3.63, 3.8) is 0 Å². The number of hydrogen-bond donors (Lipinski definition) is 1. The van der Waals surface area contributed by atoms with Crippen molar-refractivity contribution < 1.29 is 4.79 Å². The van der Waals surface area contributed by atoms with Crippen LogP contribution in [-0.4, -0.2) is 21.9 Å². The van der Waals surface area contributed by atoms with E-state index in [1.54, 1.807) is 34.5 Å². The molecule has 116 valence electrons. The van der Waals surface area contributed by atoms with Crippen molar-refractivity contribution in [3.8, 4) is 0 Å². The van der Waals surface area contributed by atoms with Gasteiger partial charge in [0, 0.05) is 15.5 Å². The molecule has 5 nitrogen and oxygen atoms in total. The Kier molecular flexibility index (Phi) is 4.99. The van der Waals surface area contributed by atoms with Gasteiger partial charge in [-0.2, -0.15) is 10.2 Å². The maximum Gasteiger partial charge on any atom is 0.291 e. The predicted octanol–water partition coefficient (Wildman–Crippen LogP) is 3.52. The van der Waals surface area contributed by atoms with Crippen molar-refractivity contribution in [1.82, 2.24) is 15.2 Å². The first-order valence-electron chi connectivity index (χ1n) is 6.85. The van der Waals surface area contributed by atoms with Crippen LogP contribution < -0.4 is 5.43 Å². The van der Waals surface area contributed by atoms with Crippen LogP contribution in [0.5, 0.6) is 0 Å². The summed E-state index contributed by atoms with van der Waals surface area (Å²) in [5, 5.41) is 10.1. The van der Waals surface area contributed by atoms with Crippen molar-refractivity contribution >= 4 is 39.4 Å². The lowest BCUT2D eigenvalue weighted by atomic mass is 10.2. The van der Waals surface area contributed by atoms with Crippen LogP contribution in [0, 0.1) is 0 Å². The van der Waals surface area contributed by atoms with E-state index in [2.05, 4.69) is 31.6 Å². The monoisotopic (exact) mass is 388 g/mol. The van der Waals surface area contributed by atoms with Crippen LogP contribution in [0.15, 0.2) is 63.6 Å². The zero-order valence-corrected chi connectivity index (χ0v) is 14.4. The maximum absolute atomic E-state index is 12.0. The largest absolute Gasteiger partial charge is 0.291 e. The molecule has 0 spiro atoms. The summed E-state index contributed by atoms with van der Waals surface area (Å²) in [6, 6.07) is 13.5. The van der Waals surface area contributed by atoms with Crippen molar-refractivity contribution in [2.45, 2.75) is 6.54 Å². The van der Waals surface area contributed by atoms with E-state index in [1.807, 2.05) is 41.8 Å². The van der Waals surface area contributed by atoms with Gasteiger partial charge in [-0.3, -0.25) is 9.48 Å². The average Bonchev–Trinajstić information content (AvgIpc) is 3.21. The minimum atomic E-state index is -0.327. The number of thiophene rings is 1. The third-order valence-corrected chi connectivity index (χ3v) is 4.37. The number of rotatable bonds is 5. The average molecular weight is 389 g/mol. The first kappa shape index (κ1) is 15.6. The molecule has 0 fully saturated rings. The number of carbonyl (C=O) groups is 1. The van der Waals surface area contributed by atoms with E-state index < -0.39 is 0 Å². The SMILES string of the molecule is O=C(N/N=C\c1cccs1)c1ccn(Cc2ccc(Br)cc2)n1. The van der Waals surface area contributed by atoms with Crippen LogP contribution in [0.3, 0.4) is 0 Å². The number of nitrogens with one attached hydrogen (secondary N) is 1. The van der Waals surface area contributed by atoms with Gasteiger partial charge in [-0.25, -0.2) is 5.43 Å². The van der Waals surface area contributed by atoms with Gasteiger partial charge in [0.25, 0.3) is 5.91 Å². The number of halogens is 1. The van der Waals surface area contributed by atoms with E-state index in [1.165, 1.54) is 0 Å². The summed E-state index contributed by atoms with van der Waals surface area (Å²) in [4.78, 5) is 13.0. The highest BCUT2D eigenvalue weighted by Crippen LogP contribution is 2.11. The van der Waals surface area contributed by atoms with Crippen LogP contribution in [-0.2, 0) is 6.54 Å². The molecule has 0 saturated carbocycles. The molecule has 0 saturated heterocycles. The number of benzene rings is 1. The fourth-order valence-corrected chi connectivity index (χ4v) is 2.77. The van der Waals surface area contributed by atoms with Gasteiger partial charge in [-0.1, -0.05) is 34.1 Å². The minimum Gasteiger partial charge on any atom is -0.268 e. The number of hydrazone groups is 1. The van der Waals surface area contributed by atoms with Crippen molar-refractivity contribution in [3.05, 3.63) is 74.6 Å². The Morgan fingerprint density at radius 1 is 1.30 bits per heavy atom. The van der Waals surface area contributed by atoms with Gasteiger partial charge >= 0.3 is 0 Å². The normalized spacial score (nSPS) is 11.0. The Bertz CT molecular complexity index is 809. The van der Waals surface area contributed by atoms with Gasteiger partial charge in [0.2, 0.25) is 0 Å². The second kappa shape index (κ2) is 7.34. The molecule has 0 atom stereocenters. The summed E-state index contributed by atoms with van der Waals surface area (Å²) in [5.41, 5.74) is 3.93. The molecule has 2 aromatic heterocycles. The maximum atomic E-state index is 12.0. The molecule has 1 amide bonds. The standard InChI is InChI=1S/C16H13BrN4OS/c17-13-5-3-12(4-6-13)11-21-8-7-15(20-21)16(22)19-18-10-14-2-1-9-23-14/h1-10H,11H2,(H,19,22)/b18-10-. The number of amides is 1. The topological polar surface area (TPSA) is 59.3 Å². The first-order valence-corrected chi connectivity index (χ1v) is 8.53. The molecule has 1 aromatic carbocycles. The van der Waals surface area contributed by atoms with Gasteiger partial charge in [-0.05, 0) is 35.2 Å². The predicted molar refractivity (Wildman–Crippen MR) is 94.9 cm³/mol. The van der Waals surface area contributed by atoms with Crippen LogP contribution in [0.25, 0.3) is 0 Å². The minimum absolute atomic E-state index is 0.327. The molecular formula is C16H13BrN4OS.